The summed E-state index contributed by atoms with van der Waals surface area (Å²) in [4.78, 5) is 21.2. The van der Waals surface area contributed by atoms with Crippen LogP contribution in [0.4, 0.5) is 0 Å². The van der Waals surface area contributed by atoms with Crippen molar-refractivity contribution in [3.8, 4) is 17.1 Å². The third-order valence-corrected chi connectivity index (χ3v) is 4.55. The number of nitrogens with one attached hydrogen (secondary N) is 1. The molecular weight excluding hydrogens is 344 g/mol. The Labute approximate surface area is 156 Å². The van der Waals surface area contributed by atoms with Crippen molar-refractivity contribution >= 4 is 5.91 Å². The summed E-state index contributed by atoms with van der Waals surface area (Å²) in [5, 5.41) is 6.92. The van der Waals surface area contributed by atoms with Crippen molar-refractivity contribution in [1.29, 1.82) is 0 Å². The van der Waals surface area contributed by atoms with E-state index < -0.39 is 6.04 Å². The Hall–Kier alpha value is -3.22. The van der Waals surface area contributed by atoms with Crippen LogP contribution >= 0.6 is 0 Å². The van der Waals surface area contributed by atoms with E-state index in [4.69, 9.17) is 9.26 Å². The summed E-state index contributed by atoms with van der Waals surface area (Å²) in [5.74, 6) is 1.89. The molecule has 138 valence electrons. The summed E-state index contributed by atoms with van der Waals surface area (Å²) in [6, 6.07) is 10.4. The van der Waals surface area contributed by atoms with Gasteiger partial charge in [0.25, 0.3) is 5.91 Å². The maximum atomic E-state index is 12.4. The molecule has 1 N–H and O–H groups in total. The van der Waals surface area contributed by atoms with Crippen LogP contribution in [0.15, 0.2) is 47.1 Å². The van der Waals surface area contributed by atoms with E-state index >= 15 is 0 Å². The number of carbonyl (C=O) groups is 1. The molecule has 1 saturated carbocycles. The van der Waals surface area contributed by atoms with Crippen molar-refractivity contribution < 1.29 is 14.1 Å². The Balaban J connectivity index is 1.45. The van der Waals surface area contributed by atoms with Crippen LogP contribution in [-0.4, -0.2) is 28.1 Å². The van der Waals surface area contributed by atoms with Crippen molar-refractivity contribution in [2.24, 2.45) is 0 Å². The molecule has 1 amide bonds. The first-order chi connectivity index (χ1) is 13.1. The summed E-state index contributed by atoms with van der Waals surface area (Å²) in [7, 11) is 1.58. The first-order valence-electron chi connectivity index (χ1n) is 8.89. The number of amides is 1. The SMILES string of the molecule is COc1ccc(C(=O)NC(C)c2nc(-c3ccnc(C4CC4)c3)no2)cc1. The van der Waals surface area contributed by atoms with Crippen LogP contribution < -0.4 is 10.1 Å². The van der Waals surface area contributed by atoms with Crippen LogP contribution in [0.2, 0.25) is 0 Å². The second-order valence-electron chi connectivity index (χ2n) is 6.62. The van der Waals surface area contributed by atoms with Crippen molar-refractivity contribution in [3.63, 3.8) is 0 Å². The number of carbonyl (C=O) groups excluding carboxylic acids is 1. The van der Waals surface area contributed by atoms with E-state index in [0.717, 1.165) is 11.3 Å². The minimum absolute atomic E-state index is 0.218. The number of benzene rings is 1. The first-order valence-corrected chi connectivity index (χ1v) is 8.89. The fraction of sp³-hybridized carbons (Fsp3) is 0.300. The van der Waals surface area contributed by atoms with Gasteiger partial charge in [0, 0.05) is 28.9 Å². The number of nitrogens with zero attached hydrogens (tertiary/aromatic N) is 3. The minimum Gasteiger partial charge on any atom is -0.497 e. The lowest BCUT2D eigenvalue weighted by atomic mass is 10.1. The Bertz CT molecular complexity index is 948. The second kappa shape index (κ2) is 7.19. The number of methoxy groups -OCH3 is 1. The lowest BCUT2D eigenvalue weighted by molar-refractivity contribution is 0.0932. The average molecular weight is 364 g/mol. The van der Waals surface area contributed by atoms with Crippen LogP contribution in [0.5, 0.6) is 5.75 Å². The highest BCUT2D eigenvalue weighted by Crippen LogP contribution is 2.39. The Morgan fingerprint density at radius 1 is 1.26 bits per heavy atom. The summed E-state index contributed by atoms with van der Waals surface area (Å²) < 4.78 is 10.5. The van der Waals surface area contributed by atoms with Gasteiger partial charge in [0.2, 0.25) is 11.7 Å². The molecule has 1 atom stereocenters. The van der Waals surface area contributed by atoms with Crippen LogP contribution in [0.1, 0.15) is 53.7 Å². The number of rotatable bonds is 6. The fourth-order valence-corrected chi connectivity index (χ4v) is 2.80. The average Bonchev–Trinajstić information content (AvgIpc) is 3.44. The molecule has 27 heavy (non-hydrogen) atoms. The van der Waals surface area contributed by atoms with Gasteiger partial charge in [-0.3, -0.25) is 9.78 Å². The van der Waals surface area contributed by atoms with Gasteiger partial charge in [-0.15, -0.1) is 0 Å². The van der Waals surface area contributed by atoms with Gasteiger partial charge in [-0.05, 0) is 56.2 Å². The minimum atomic E-state index is -0.411. The summed E-state index contributed by atoms with van der Waals surface area (Å²) >= 11 is 0. The molecule has 3 aromatic rings. The lowest BCUT2D eigenvalue weighted by Gasteiger charge is -2.10. The van der Waals surface area contributed by atoms with Gasteiger partial charge >= 0.3 is 0 Å². The largest absolute Gasteiger partial charge is 0.497 e. The molecule has 2 aromatic heterocycles. The van der Waals surface area contributed by atoms with Gasteiger partial charge in [-0.2, -0.15) is 4.98 Å². The van der Waals surface area contributed by atoms with Crippen molar-refractivity contribution in [1.82, 2.24) is 20.4 Å². The maximum absolute atomic E-state index is 12.4. The molecule has 0 radical (unpaired) electrons. The normalized spacial score (nSPS) is 14.6. The van der Waals surface area contributed by atoms with Crippen LogP contribution in [0, 0.1) is 0 Å². The van der Waals surface area contributed by atoms with E-state index in [1.165, 1.54) is 12.8 Å². The standard InChI is InChI=1S/C20H20N4O3/c1-12(22-19(25)14-5-7-16(26-2)8-6-14)20-23-18(24-27-20)15-9-10-21-17(11-15)13-3-4-13/h5-13H,3-4H2,1-2H3,(H,22,25). The molecule has 0 saturated heterocycles. The van der Waals surface area contributed by atoms with Gasteiger partial charge in [-0.1, -0.05) is 5.16 Å². The molecule has 7 nitrogen and oxygen atoms in total. The highest BCUT2D eigenvalue weighted by molar-refractivity contribution is 5.94. The van der Waals surface area contributed by atoms with E-state index in [2.05, 4.69) is 20.4 Å². The van der Waals surface area contributed by atoms with E-state index in [9.17, 15) is 4.79 Å². The Morgan fingerprint density at radius 3 is 2.74 bits per heavy atom. The second-order valence-corrected chi connectivity index (χ2v) is 6.62. The highest BCUT2D eigenvalue weighted by atomic mass is 16.5. The molecule has 0 spiro atoms. The zero-order chi connectivity index (χ0) is 18.8. The van der Waals surface area contributed by atoms with Gasteiger partial charge in [0.1, 0.15) is 11.8 Å². The van der Waals surface area contributed by atoms with E-state index in [1.807, 2.05) is 12.1 Å². The van der Waals surface area contributed by atoms with Crippen molar-refractivity contribution in [3.05, 3.63) is 59.7 Å². The zero-order valence-electron chi connectivity index (χ0n) is 15.2. The molecule has 2 heterocycles. The number of pyridine rings is 1. The van der Waals surface area contributed by atoms with Crippen molar-refractivity contribution in [2.45, 2.75) is 31.7 Å². The highest BCUT2D eigenvalue weighted by Gasteiger charge is 2.25. The fourth-order valence-electron chi connectivity index (χ4n) is 2.80. The third-order valence-electron chi connectivity index (χ3n) is 4.55. The van der Waals surface area contributed by atoms with E-state index in [-0.39, 0.29) is 5.91 Å². The zero-order valence-corrected chi connectivity index (χ0v) is 15.2. The third kappa shape index (κ3) is 3.81. The molecular formula is C20H20N4O3. The van der Waals surface area contributed by atoms with Gasteiger partial charge in [0.15, 0.2) is 0 Å². The Morgan fingerprint density at radius 2 is 2.04 bits per heavy atom. The summed E-state index contributed by atoms with van der Waals surface area (Å²) in [5.41, 5.74) is 2.47. The van der Waals surface area contributed by atoms with Crippen LogP contribution in [0.3, 0.4) is 0 Å². The predicted molar refractivity (Wildman–Crippen MR) is 98.4 cm³/mol. The maximum Gasteiger partial charge on any atom is 0.251 e. The van der Waals surface area contributed by atoms with E-state index in [0.29, 0.717) is 28.9 Å². The molecule has 1 unspecified atom stereocenters. The molecule has 1 aromatic carbocycles. The number of hydrogen-bond donors (Lipinski definition) is 1. The first kappa shape index (κ1) is 17.2. The van der Waals surface area contributed by atoms with E-state index in [1.54, 1.807) is 44.5 Å². The summed E-state index contributed by atoms with van der Waals surface area (Å²) in [6.07, 6.45) is 4.14. The number of hydrogen-bond acceptors (Lipinski definition) is 6. The Kier molecular flexibility index (Phi) is 4.58. The molecule has 1 aliphatic carbocycles. The molecule has 0 bridgehead atoms. The molecule has 1 fully saturated rings. The molecule has 0 aliphatic heterocycles. The monoisotopic (exact) mass is 364 g/mol. The topological polar surface area (TPSA) is 90.1 Å². The smallest absolute Gasteiger partial charge is 0.251 e. The van der Waals surface area contributed by atoms with Gasteiger partial charge in [0.05, 0.1) is 7.11 Å². The quantitative estimate of drug-likeness (QED) is 0.720. The lowest BCUT2D eigenvalue weighted by Crippen LogP contribution is -2.26. The number of ether oxygens (including phenoxy) is 1. The summed E-state index contributed by atoms with van der Waals surface area (Å²) in [6.45, 7) is 1.81. The van der Waals surface area contributed by atoms with Crippen LogP contribution in [-0.2, 0) is 0 Å². The van der Waals surface area contributed by atoms with Crippen LogP contribution in [0.25, 0.3) is 11.4 Å². The van der Waals surface area contributed by atoms with Gasteiger partial charge in [-0.25, -0.2) is 0 Å². The predicted octanol–water partition coefficient (Wildman–Crippen LogP) is 3.51. The molecule has 1 aliphatic rings. The van der Waals surface area contributed by atoms with Crippen molar-refractivity contribution in [2.75, 3.05) is 7.11 Å². The molecule has 7 heteroatoms. The van der Waals surface area contributed by atoms with Gasteiger partial charge < -0.3 is 14.6 Å². The number of aromatic nitrogens is 3. The molecule has 4 rings (SSSR count).